The van der Waals surface area contributed by atoms with E-state index in [1.165, 1.54) is 12.8 Å². The van der Waals surface area contributed by atoms with Crippen LogP contribution in [0.3, 0.4) is 0 Å². The molecular formula is C12H21N3OS. The molecule has 96 valence electrons. The van der Waals surface area contributed by atoms with Gasteiger partial charge in [-0.3, -0.25) is 0 Å². The SMILES string of the molecule is CCOCCCNC(=S)N(CCC#N)C1CC1. The lowest BCUT2D eigenvalue weighted by molar-refractivity contribution is 0.145. The fraction of sp³-hybridized carbons (Fsp3) is 0.833. The molecule has 0 spiro atoms. The number of hydrogen-bond donors (Lipinski definition) is 1. The molecule has 0 heterocycles. The molecule has 1 saturated carbocycles. The molecule has 0 bridgehead atoms. The molecule has 1 rings (SSSR count). The molecule has 0 aromatic heterocycles. The van der Waals surface area contributed by atoms with Crippen LogP contribution in [0, 0.1) is 11.3 Å². The lowest BCUT2D eigenvalue weighted by Crippen LogP contribution is -2.42. The Kier molecular flexibility index (Phi) is 6.90. The third kappa shape index (κ3) is 5.85. The van der Waals surface area contributed by atoms with Crippen molar-refractivity contribution in [1.82, 2.24) is 10.2 Å². The van der Waals surface area contributed by atoms with Crippen molar-refractivity contribution < 1.29 is 4.74 Å². The second kappa shape index (κ2) is 8.26. The van der Waals surface area contributed by atoms with Crippen molar-refractivity contribution in [3.8, 4) is 6.07 Å². The van der Waals surface area contributed by atoms with Gasteiger partial charge in [0.25, 0.3) is 0 Å². The summed E-state index contributed by atoms with van der Waals surface area (Å²) in [6, 6.07) is 2.74. The Hall–Kier alpha value is -0.860. The van der Waals surface area contributed by atoms with Crippen LogP contribution in [-0.4, -0.2) is 42.4 Å². The highest BCUT2D eigenvalue weighted by Gasteiger charge is 2.30. The van der Waals surface area contributed by atoms with E-state index in [1.807, 2.05) is 6.92 Å². The topological polar surface area (TPSA) is 48.3 Å². The molecule has 0 aromatic rings. The van der Waals surface area contributed by atoms with Crippen molar-refractivity contribution >= 4 is 17.3 Å². The van der Waals surface area contributed by atoms with Gasteiger partial charge in [-0.15, -0.1) is 0 Å². The van der Waals surface area contributed by atoms with Gasteiger partial charge in [0.15, 0.2) is 5.11 Å². The first kappa shape index (κ1) is 14.2. The van der Waals surface area contributed by atoms with Crippen LogP contribution in [0.2, 0.25) is 0 Å². The molecular weight excluding hydrogens is 234 g/mol. The van der Waals surface area contributed by atoms with Crippen molar-refractivity contribution in [2.45, 2.75) is 38.6 Å². The van der Waals surface area contributed by atoms with E-state index in [9.17, 15) is 0 Å². The second-order valence-electron chi connectivity index (χ2n) is 4.12. The molecule has 1 aliphatic carbocycles. The molecule has 1 fully saturated rings. The second-order valence-corrected chi connectivity index (χ2v) is 4.50. The molecule has 0 radical (unpaired) electrons. The summed E-state index contributed by atoms with van der Waals surface area (Å²) in [6.45, 7) is 5.12. The minimum atomic E-state index is 0.539. The predicted octanol–water partition coefficient (Wildman–Crippen LogP) is 1.67. The lowest BCUT2D eigenvalue weighted by Gasteiger charge is -2.24. The Bertz CT molecular complexity index is 273. The molecule has 5 heteroatoms. The van der Waals surface area contributed by atoms with Gasteiger partial charge < -0.3 is 15.0 Å². The summed E-state index contributed by atoms with van der Waals surface area (Å²) in [5.41, 5.74) is 0. The van der Waals surface area contributed by atoms with Gasteiger partial charge in [0.1, 0.15) is 0 Å². The quantitative estimate of drug-likeness (QED) is 0.528. The van der Waals surface area contributed by atoms with Gasteiger partial charge in [-0.1, -0.05) is 0 Å². The lowest BCUT2D eigenvalue weighted by atomic mass is 10.4. The van der Waals surface area contributed by atoms with Crippen molar-refractivity contribution in [1.29, 1.82) is 5.26 Å². The fourth-order valence-corrected chi connectivity index (χ4v) is 1.96. The third-order valence-electron chi connectivity index (χ3n) is 2.66. The van der Waals surface area contributed by atoms with Gasteiger partial charge in [-0.05, 0) is 38.4 Å². The first-order valence-corrected chi connectivity index (χ1v) is 6.69. The van der Waals surface area contributed by atoms with Crippen LogP contribution in [0.4, 0.5) is 0 Å². The van der Waals surface area contributed by atoms with E-state index < -0.39 is 0 Å². The number of nitrogens with zero attached hydrogens (tertiary/aromatic N) is 2. The zero-order valence-corrected chi connectivity index (χ0v) is 11.3. The standard InChI is InChI=1S/C12H21N3OS/c1-2-16-10-4-8-14-12(17)15(9-3-7-13)11-5-6-11/h11H,2-6,8-10H2,1H3,(H,14,17). The Labute approximate surface area is 109 Å². The zero-order chi connectivity index (χ0) is 12.5. The Balaban J connectivity index is 2.16. The van der Waals surface area contributed by atoms with E-state index >= 15 is 0 Å². The summed E-state index contributed by atoms with van der Waals surface area (Å²) < 4.78 is 5.26. The highest BCUT2D eigenvalue weighted by atomic mass is 32.1. The summed E-state index contributed by atoms with van der Waals surface area (Å²) in [7, 11) is 0. The van der Waals surface area contributed by atoms with Crippen LogP contribution in [0.25, 0.3) is 0 Å². The van der Waals surface area contributed by atoms with Crippen LogP contribution in [0.15, 0.2) is 0 Å². The average molecular weight is 255 g/mol. The number of nitrogens with one attached hydrogen (secondary N) is 1. The molecule has 4 nitrogen and oxygen atoms in total. The van der Waals surface area contributed by atoms with E-state index in [-0.39, 0.29) is 0 Å². The Morgan fingerprint density at radius 1 is 1.59 bits per heavy atom. The maximum absolute atomic E-state index is 8.62. The maximum atomic E-state index is 8.62. The summed E-state index contributed by atoms with van der Waals surface area (Å²) >= 11 is 5.35. The van der Waals surface area contributed by atoms with Crippen molar-refractivity contribution in [2.24, 2.45) is 0 Å². The first-order chi connectivity index (χ1) is 8.29. The summed E-state index contributed by atoms with van der Waals surface area (Å²) in [4.78, 5) is 2.15. The van der Waals surface area contributed by atoms with E-state index in [0.717, 1.165) is 37.8 Å². The highest BCUT2D eigenvalue weighted by molar-refractivity contribution is 7.80. The van der Waals surface area contributed by atoms with E-state index in [1.54, 1.807) is 0 Å². The minimum Gasteiger partial charge on any atom is -0.382 e. The molecule has 17 heavy (non-hydrogen) atoms. The predicted molar refractivity (Wildman–Crippen MR) is 71.7 cm³/mol. The van der Waals surface area contributed by atoms with Crippen LogP contribution in [-0.2, 0) is 4.74 Å². The summed E-state index contributed by atoms with van der Waals surface area (Å²) in [5, 5.41) is 12.6. The van der Waals surface area contributed by atoms with Gasteiger partial charge in [0, 0.05) is 32.3 Å². The number of ether oxygens (including phenoxy) is 1. The number of nitriles is 1. The molecule has 0 aromatic carbocycles. The fourth-order valence-electron chi connectivity index (χ4n) is 1.62. The van der Waals surface area contributed by atoms with Crippen molar-refractivity contribution in [2.75, 3.05) is 26.3 Å². The van der Waals surface area contributed by atoms with Gasteiger partial charge in [0.05, 0.1) is 12.5 Å². The monoisotopic (exact) mass is 255 g/mol. The van der Waals surface area contributed by atoms with Gasteiger partial charge >= 0.3 is 0 Å². The number of hydrogen-bond acceptors (Lipinski definition) is 3. The highest BCUT2D eigenvalue weighted by Crippen LogP contribution is 2.26. The normalized spacial score (nSPS) is 14.1. The molecule has 0 aliphatic heterocycles. The first-order valence-electron chi connectivity index (χ1n) is 6.28. The van der Waals surface area contributed by atoms with Gasteiger partial charge in [-0.25, -0.2) is 0 Å². The van der Waals surface area contributed by atoms with Crippen LogP contribution in [0.1, 0.15) is 32.6 Å². The molecule has 1 N–H and O–H groups in total. The minimum absolute atomic E-state index is 0.539. The summed E-state index contributed by atoms with van der Waals surface area (Å²) in [6.07, 6.45) is 3.90. The van der Waals surface area contributed by atoms with Crippen LogP contribution < -0.4 is 5.32 Å². The summed E-state index contributed by atoms with van der Waals surface area (Å²) in [5.74, 6) is 0. The van der Waals surface area contributed by atoms with Crippen LogP contribution in [0.5, 0.6) is 0 Å². The molecule has 1 aliphatic rings. The largest absolute Gasteiger partial charge is 0.382 e. The molecule has 0 atom stereocenters. The number of rotatable bonds is 8. The molecule has 0 amide bonds. The smallest absolute Gasteiger partial charge is 0.169 e. The van der Waals surface area contributed by atoms with E-state index in [2.05, 4.69) is 16.3 Å². The van der Waals surface area contributed by atoms with Crippen LogP contribution >= 0.6 is 12.2 Å². The average Bonchev–Trinajstić information content (AvgIpc) is 3.14. The Morgan fingerprint density at radius 3 is 2.94 bits per heavy atom. The van der Waals surface area contributed by atoms with E-state index in [4.69, 9.17) is 22.2 Å². The van der Waals surface area contributed by atoms with Crippen molar-refractivity contribution in [3.63, 3.8) is 0 Å². The van der Waals surface area contributed by atoms with Gasteiger partial charge in [0.2, 0.25) is 0 Å². The molecule has 0 saturated heterocycles. The van der Waals surface area contributed by atoms with Crippen molar-refractivity contribution in [3.05, 3.63) is 0 Å². The molecule has 0 unspecified atom stereocenters. The Morgan fingerprint density at radius 2 is 2.35 bits per heavy atom. The third-order valence-corrected chi connectivity index (χ3v) is 3.04. The number of thiocarbonyl (C=S) groups is 1. The maximum Gasteiger partial charge on any atom is 0.169 e. The zero-order valence-electron chi connectivity index (χ0n) is 10.4. The van der Waals surface area contributed by atoms with E-state index in [0.29, 0.717) is 12.5 Å². The van der Waals surface area contributed by atoms with Gasteiger partial charge in [-0.2, -0.15) is 5.26 Å².